The predicted molar refractivity (Wildman–Crippen MR) is 252 cm³/mol. The van der Waals surface area contributed by atoms with Crippen molar-refractivity contribution in [3.8, 4) is 0 Å². The number of rotatable bonds is 4. The van der Waals surface area contributed by atoms with Gasteiger partial charge in [-0.2, -0.15) is 0 Å². The lowest BCUT2D eigenvalue weighted by Gasteiger charge is -2.55. The van der Waals surface area contributed by atoms with Crippen LogP contribution < -0.4 is 26.2 Å². The zero-order valence-corrected chi connectivity index (χ0v) is 36.5. The first-order valence-corrected chi connectivity index (χ1v) is 26.2. The summed E-state index contributed by atoms with van der Waals surface area (Å²) in [4.78, 5) is 5.79. The van der Waals surface area contributed by atoms with Crippen LogP contribution in [0.4, 0.5) is 28.4 Å². The van der Waals surface area contributed by atoms with Crippen molar-refractivity contribution in [1.29, 1.82) is 0 Å². The van der Waals surface area contributed by atoms with Crippen LogP contribution in [-0.2, 0) is 6.42 Å². The largest absolute Gasteiger partial charge is 0.342 e. The Bertz CT molecular complexity index is 2400. The quantitative estimate of drug-likeness (QED) is 0.167. The van der Waals surface area contributed by atoms with Crippen LogP contribution in [0, 0.1) is 71.0 Å². The van der Waals surface area contributed by atoms with Gasteiger partial charge in [-0.3, -0.25) is 0 Å². The zero-order chi connectivity index (χ0) is 39.2. The number of para-hydroxylation sites is 1. The van der Waals surface area contributed by atoms with Crippen molar-refractivity contribution in [2.24, 2.45) is 71.0 Å². The maximum Gasteiger partial charge on any atom is 0.252 e. The van der Waals surface area contributed by atoms with E-state index >= 15 is 0 Å². The van der Waals surface area contributed by atoms with Crippen LogP contribution in [0.15, 0.2) is 72.8 Å². The van der Waals surface area contributed by atoms with Crippen LogP contribution >= 0.6 is 0 Å². The van der Waals surface area contributed by atoms with E-state index in [9.17, 15) is 0 Å². The van der Waals surface area contributed by atoms with Crippen molar-refractivity contribution >= 4 is 51.5 Å². The highest BCUT2D eigenvalue weighted by atomic mass is 15.2. The number of fused-ring (bicyclic) bond motifs is 4. The van der Waals surface area contributed by atoms with E-state index in [0.717, 1.165) is 88.8 Å². The van der Waals surface area contributed by atoms with Crippen LogP contribution in [0.1, 0.15) is 149 Å². The zero-order valence-electron chi connectivity index (χ0n) is 36.5. The first-order chi connectivity index (χ1) is 30.1. The third-order valence-electron chi connectivity index (χ3n) is 21.4. The average Bonchev–Trinajstić information content (AvgIpc) is 3.49. The van der Waals surface area contributed by atoms with Gasteiger partial charge in [0.2, 0.25) is 0 Å². The lowest BCUT2D eigenvalue weighted by atomic mass is 9.33. The summed E-state index contributed by atoms with van der Waals surface area (Å²) in [5.41, 5.74) is 19.5. The van der Waals surface area contributed by atoms with Crippen LogP contribution in [0.3, 0.4) is 0 Å². The van der Waals surface area contributed by atoms with Crippen molar-refractivity contribution in [1.82, 2.24) is 0 Å². The minimum Gasteiger partial charge on any atom is -0.342 e. The SMILES string of the molecule is c1ccc(N2c3cc(C4C5CC6CC(C5)CC4C6)ccc3B3c4ccc(C5C6CC7CC(C6)CC5C7)c5c4N(CCCC5)c4cc(C5C6CC7CC(C6)CC5C7)cc2c43)cc1. The molecule has 3 heterocycles. The molecule has 0 aromatic heterocycles. The fourth-order valence-corrected chi connectivity index (χ4v) is 20.3. The van der Waals surface area contributed by atoms with Gasteiger partial charge in [0.1, 0.15) is 0 Å². The predicted octanol–water partition coefficient (Wildman–Crippen LogP) is 12.4. The highest BCUT2D eigenvalue weighted by Crippen LogP contribution is 2.64. The highest BCUT2D eigenvalue weighted by molar-refractivity contribution is 7.00. The second kappa shape index (κ2) is 12.6. The topological polar surface area (TPSA) is 6.48 Å². The van der Waals surface area contributed by atoms with Gasteiger partial charge in [-0.05, 0) is 273 Å². The molecule has 3 aliphatic heterocycles. The Morgan fingerprint density at radius 2 is 0.967 bits per heavy atom. The number of benzene rings is 4. The van der Waals surface area contributed by atoms with Gasteiger partial charge in [0.05, 0.1) is 0 Å². The van der Waals surface area contributed by atoms with Gasteiger partial charge >= 0.3 is 0 Å². The molecule has 0 amide bonds. The molecule has 19 rings (SSSR count). The number of hydrogen-bond donors (Lipinski definition) is 0. The minimum atomic E-state index is 0.288. The Morgan fingerprint density at radius 3 is 1.57 bits per heavy atom. The molecule has 2 nitrogen and oxygen atoms in total. The molecule has 3 heteroatoms. The van der Waals surface area contributed by atoms with E-state index in [4.69, 9.17) is 0 Å². The first-order valence-electron chi connectivity index (χ1n) is 26.2. The van der Waals surface area contributed by atoms with E-state index < -0.39 is 0 Å². The number of nitrogens with zero attached hydrogens (tertiary/aromatic N) is 2. The molecular weight excluding hydrogens is 735 g/mol. The van der Waals surface area contributed by atoms with E-state index in [2.05, 4.69) is 82.6 Å². The fourth-order valence-electron chi connectivity index (χ4n) is 20.3. The Labute approximate surface area is 365 Å². The molecule has 12 fully saturated rings. The van der Waals surface area contributed by atoms with Crippen LogP contribution in [0.5, 0.6) is 0 Å². The maximum atomic E-state index is 2.98. The van der Waals surface area contributed by atoms with E-state index in [1.165, 1.54) is 133 Å². The van der Waals surface area contributed by atoms with Gasteiger partial charge in [0.25, 0.3) is 6.71 Å². The Morgan fingerprint density at radius 1 is 0.443 bits per heavy atom. The Kier molecular flexibility index (Phi) is 7.24. The summed E-state index contributed by atoms with van der Waals surface area (Å²) in [6.45, 7) is 1.45. The fraction of sp³-hybridized carbons (Fsp3) is 0.586. The van der Waals surface area contributed by atoms with Gasteiger partial charge in [-0.25, -0.2) is 0 Å². The summed E-state index contributed by atoms with van der Waals surface area (Å²) in [5.74, 6) is 13.7. The Balaban J connectivity index is 0.929. The number of hydrogen-bond acceptors (Lipinski definition) is 2. The van der Waals surface area contributed by atoms with Gasteiger partial charge in [0.15, 0.2) is 0 Å². The highest BCUT2D eigenvalue weighted by Gasteiger charge is 2.54. The monoisotopic (exact) mass is 801 g/mol. The van der Waals surface area contributed by atoms with Crippen molar-refractivity contribution in [2.45, 2.75) is 133 Å². The Hall–Kier alpha value is -3.46. The van der Waals surface area contributed by atoms with E-state index in [0.29, 0.717) is 0 Å². The first kappa shape index (κ1) is 35.0. The molecule has 310 valence electrons. The van der Waals surface area contributed by atoms with Crippen LogP contribution in [0.2, 0.25) is 0 Å². The smallest absolute Gasteiger partial charge is 0.252 e. The van der Waals surface area contributed by atoms with E-state index in [1.54, 1.807) is 56.4 Å². The summed E-state index contributed by atoms with van der Waals surface area (Å²) >= 11 is 0. The summed E-state index contributed by atoms with van der Waals surface area (Å²) in [6, 6.07) is 31.0. The normalized spacial score (nSPS) is 40.9. The standard InChI is InChI=1S/C58H65BN2/c1-2-6-46(7-3-1)61-51-29-38(54-39-17-32-14-33(19-39)20-40(54)18-32)9-11-49(51)59-50-12-10-47(56-43-25-36-16-37(27-43)28-44(56)26-36)48-8-4-5-13-60(58(48)50)52-30-45(31-53(61)57(52)59)55-41-21-34-15-35(23-41)24-42(55)22-34/h1-3,6-7,9-12,29-37,39-44,54-56H,4-5,8,13-28H2. The molecule has 12 saturated carbocycles. The van der Waals surface area contributed by atoms with Crippen LogP contribution in [0.25, 0.3) is 0 Å². The number of anilines is 5. The molecule has 12 aliphatic carbocycles. The van der Waals surface area contributed by atoms with Gasteiger partial charge < -0.3 is 9.80 Å². The lowest BCUT2D eigenvalue weighted by Crippen LogP contribution is -2.62. The molecule has 0 atom stereocenters. The van der Waals surface area contributed by atoms with Gasteiger partial charge in [0, 0.05) is 35.0 Å². The van der Waals surface area contributed by atoms with Gasteiger partial charge in [-0.15, -0.1) is 0 Å². The second-order valence-electron chi connectivity index (χ2n) is 24.4. The summed E-state index contributed by atoms with van der Waals surface area (Å²) in [6.07, 6.45) is 26.4. The molecule has 0 saturated heterocycles. The van der Waals surface area contributed by atoms with Crippen molar-refractivity contribution < 1.29 is 0 Å². The molecule has 0 radical (unpaired) electrons. The molecule has 15 aliphatic rings. The summed E-state index contributed by atoms with van der Waals surface area (Å²) in [7, 11) is 0. The van der Waals surface area contributed by atoms with Crippen molar-refractivity contribution in [2.75, 3.05) is 16.3 Å². The summed E-state index contributed by atoms with van der Waals surface area (Å²) in [5, 5.41) is 0. The lowest BCUT2D eigenvalue weighted by molar-refractivity contribution is -0.00304. The van der Waals surface area contributed by atoms with Gasteiger partial charge in [-0.1, -0.05) is 42.5 Å². The molecule has 4 aromatic rings. The van der Waals surface area contributed by atoms with E-state index in [1.807, 2.05) is 0 Å². The minimum absolute atomic E-state index is 0.288. The van der Waals surface area contributed by atoms with Crippen LogP contribution in [-0.4, -0.2) is 13.3 Å². The van der Waals surface area contributed by atoms with E-state index in [-0.39, 0.29) is 6.71 Å². The summed E-state index contributed by atoms with van der Waals surface area (Å²) < 4.78 is 0. The van der Waals surface area contributed by atoms with Crippen molar-refractivity contribution in [3.05, 3.63) is 95.1 Å². The third kappa shape index (κ3) is 4.89. The molecule has 0 spiro atoms. The van der Waals surface area contributed by atoms with Crippen molar-refractivity contribution in [3.63, 3.8) is 0 Å². The molecule has 12 bridgehead atoms. The second-order valence-corrected chi connectivity index (χ2v) is 24.4. The molecule has 4 aromatic carbocycles. The third-order valence-corrected chi connectivity index (χ3v) is 21.4. The average molecular weight is 801 g/mol. The maximum absolute atomic E-state index is 2.98. The molecular formula is C58H65BN2. The molecule has 0 unspecified atom stereocenters. The molecule has 0 N–H and O–H groups in total. The molecule has 61 heavy (non-hydrogen) atoms.